The molecule has 0 rings (SSSR count). The minimum Gasteiger partial charge on any atom is -0.394 e. The number of nitrogens with one attached hydrogen (secondary N) is 1. The second-order valence-electron chi connectivity index (χ2n) is 17.6. The fraction of sp³-hybridized carbons (Fsp3) is 0.868. The van der Waals surface area contributed by atoms with Gasteiger partial charge in [0.2, 0.25) is 5.91 Å². The van der Waals surface area contributed by atoms with Crippen LogP contribution in [0.5, 0.6) is 0 Å². The summed E-state index contributed by atoms with van der Waals surface area (Å²) in [6.07, 6.45) is 65.3. The fourth-order valence-electron chi connectivity index (χ4n) is 7.96. The predicted molar refractivity (Wildman–Crippen MR) is 253 cm³/mol. The molecule has 0 aliphatic heterocycles. The molecule has 0 saturated heterocycles. The van der Waals surface area contributed by atoms with Gasteiger partial charge in [-0.3, -0.25) is 4.79 Å². The van der Waals surface area contributed by atoms with Crippen molar-refractivity contribution in [2.75, 3.05) is 6.61 Å². The summed E-state index contributed by atoms with van der Waals surface area (Å²) in [5.74, 6) is -0.0361. The molecule has 0 aliphatic rings. The van der Waals surface area contributed by atoms with Gasteiger partial charge in [0.1, 0.15) is 0 Å². The van der Waals surface area contributed by atoms with Crippen LogP contribution in [-0.2, 0) is 4.79 Å². The Kier molecular flexibility index (Phi) is 47.8. The van der Waals surface area contributed by atoms with Crippen molar-refractivity contribution in [1.82, 2.24) is 5.32 Å². The van der Waals surface area contributed by atoms with Crippen LogP contribution in [0.25, 0.3) is 0 Å². The van der Waals surface area contributed by atoms with E-state index in [1.807, 2.05) is 0 Å². The molecular weight excluding hydrogens is 699 g/mol. The molecule has 4 nitrogen and oxygen atoms in total. The van der Waals surface area contributed by atoms with E-state index in [1.54, 1.807) is 0 Å². The van der Waals surface area contributed by atoms with Gasteiger partial charge in [-0.25, -0.2) is 0 Å². The third-order valence-electron chi connectivity index (χ3n) is 11.9. The van der Waals surface area contributed by atoms with Gasteiger partial charge in [-0.05, 0) is 51.4 Å². The summed E-state index contributed by atoms with van der Waals surface area (Å²) in [7, 11) is 0. The molecule has 0 aliphatic carbocycles. The first kappa shape index (κ1) is 55.6. The van der Waals surface area contributed by atoms with E-state index in [-0.39, 0.29) is 12.5 Å². The molecule has 0 spiro atoms. The summed E-state index contributed by atoms with van der Waals surface area (Å²) in [5, 5.41) is 23.3. The summed E-state index contributed by atoms with van der Waals surface area (Å²) >= 11 is 0. The lowest BCUT2D eigenvalue weighted by molar-refractivity contribution is -0.123. The number of carbonyl (C=O) groups is 1. The molecule has 2 unspecified atom stereocenters. The average Bonchev–Trinajstić information content (AvgIpc) is 3.22. The van der Waals surface area contributed by atoms with Crippen LogP contribution in [0.1, 0.15) is 277 Å². The van der Waals surface area contributed by atoms with Crippen LogP contribution >= 0.6 is 0 Å². The lowest BCUT2D eigenvalue weighted by Gasteiger charge is -2.22. The number of hydrogen-bond donors (Lipinski definition) is 3. The Labute approximate surface area is 357 Å². The Hall–Kier alpha value is -1.39. The number of hydrogen-bond acceptors (Lipinski definition) is 3. The third kappa shape index (κ3) is 45.5. The van der Waals surface area contributed by atoms with E-state index in [1.165, 1.54) is 212 Å². The van der Waals surface area contributed by atoms with E-state index in [2.05, 4.69) is 55.6 Å². The normalized spacial score (nSPS) is 13.1. The molecule has 4 heteroatoms. The van der Waals surface area contributed by atoms with E-state index < -0.39 is 12.1 Å². The molecule has 0 aromatic rings. The molecule has 336 valence electrons. The first-order valence-corrected chi connectivity index (χ1v) is 25.7. The number of allylic oxidation sites excluding steroid dienone is 6. The zero-order chi connectivity index (χ0) is 41.4. The molecule has 0 saturated carbocycles. The summed E-state index contributed by atoms with van der Waals surface area (Å²) in [4.78, 5) is 12.5. The van der Waals surface area contributed by atoms with Crippen molar-refractivity contribution in [2.24, 2.45) is 0 Å². The highest BCUT2D eigenvalue weighted by Crippen LogP contribution is 2.17. The Morgan fingerprint density at radius 3 is 1.07 bits per heavy atom. The minimum atomic E-state index is -0.664. The summed E-state index contributed by atoms with van der Waals surface area (Å²) in [6.45, 7) is 4.37. The predicted octanol–water partition coefficient (Wildman–Crippen LogP) is 16.5. The van der Waals surface area contributed by atoms with Gasteiger partial charge >= 0.3 is 0 Å². The van der Waals surface area contributed by atoms with Gasteiger partial charge in [0.15, 0.2) is 0 Å². The Bertz CT molecular complexity index is 866. The maximum atomic E-state index is 12.5. The van der Waals surface area contributed by atoms with E-state index in [0.717, 1.165) is 38.5 Å². The Balaban J connectivity index is 3.50. The van der Waals surface area contributed by atoms with Crippen LogP contribution < -0.4 is 5.32 Å². The number of amides is 1. The number of aliphatic hydroxyl groups excluding tert-OH is 2. The quantitative estimate of drug-likeness (QED) is 0.0424. The van der Waals surface area contributed by atoms with Crippen molar-refractivity contribution < 1.29 is 15.0 Å². The maximum absolute atomic E-state index is 12.5. The lowest BCUT2D eigenvalue weighted by Crippen LogP contribution is -2.45. The molecule has 0 bridgehead atoms. The molecule has 0 fully saturated rings. The van der Waals surface area contributed by atoms with E-state index in [9.17, 15) is 15.0 Å². The SMILES string of the molecule is CCCCCCC/C=C\C/C=C\C/C=C\CCCCCCCCCCC(=O)NC(CO)C(O)CCCCCCCCCCCCCCCCCCCCCCCC. The second kappa shape index (κ2) is 49.0. The molecule has 0 heterocycles. The maximum Gasteiger partial charge on any atom is 0.220 e. The first-order valence-electron chi connectivity index (χ1n) is 25.7. The monoisotopic (exact) mass is 800 g/mol. The van der Waals surface area contributed by atoms with Gasteiger partial charge in [0, 0.05) is 6.42 Å². The molecule has 0 radical (unpaired) electrons. The van der Waals surface area contributed by atoms with Crippen molar-refractivity contribution in [2.45, 2.75) is 289 Å². The molecule has 0 aromatic carbocycles. The molecule has 1 amide bonds. The molecule has 3 N–H and O–H groups in total. The highest BCUT2D eigenvalue weighted by atomic mass is 16.3. The number of rotatable bonds is 47. The number of unbranched alkanes of at least 4 members (excludes halogenated alkanes) is 34. The van der Waals surface area contributed by atoms with Gasteiger partial charge in [0.25, 0.3) is 0 Å². The standard InChI is InChI=1S/C53H101NO3/c1-3-5-7-9-11-13-15-17-19-21-23-25-27-29-31-33-35-37-39-41-43-45-47-49-53(57)54-51(50-55)52(56)48-46-44-42-40-38-36-34-32-30-28-26-24-22-20-18-16-14-12-10-8-6-4-2/h15,17,21,23,27,29,51-52,55-56H,3-14,16,18-20,22,24-26,28,30-50H2,1-2H3,(H,54,57)/b17-15-,23-21-,29-27-. The highest BCUT2D eigenvalue weighted by molar-refractivity contribution is 5.76. The van der Waals surface area contributed by atoms with Crippen LogP contribution in [0.4, 0.5) is 0 Å². The van der Waals surface area contributed by atoms with Crippen molar-refractivity contribution in [3.63, 3.8) is 0 Å². The fourth-order valence-corrected chi connectivity index (χ4v) is 7.96. The van der Waals surface area contributed by atoms with Gasteiger partial charge in [-0.2, -0.15) is 0 Å². The topological polar surface area (TPSA) is 69.6 Å². The summed E-state index contributed by atoms with van der Waals surface area (Å²) < 4.78 is 0. The van der Waals surface area contributed by atoms with E-state index in [0.29, 0.717) is 12.8 Å². The third-order valence-corrected chi connectivity index (χ3v) is 11.9. The van der Waals surface area contributed by atoms with Crippen molar-refractivity contribution >= 4 is 5.91 Å². The van der Waals surface area contributed by atoms with Gasteiger partial charge < -0.3 is 15.5 Å². The van der Waals surface area contributed by atoms with Crippen LogP contribution in [0.3, 0.4) is 0 Å². The lowest BCUT2D eigenvalue weighted by atomic mass is 10.0. The average molecular weight is 800 g/mol. The largest absolute Gasteiger partial charge is 0.394 e. The molecule has 57 heavy (non-hydrogen) atoms. The second-order valence-corrected chi connectivity index (χ2v) is 17.6. The zero-order valence-corrected chi connectivity index (χ0v) is 38.6. The van der Waals surface area contributed by atoms with Crippen LogP contribution in [-0.4, -0.2) is 34.9 Å². The van der Waals surface area contributed by atoms with Gasteiger partial charge in [0.05, 0.1) is 18.8 Å². The number of carbonyl (C=O) groups excluding carboxylic acids is 1. The Morgan fingerprint density at radius 2 is 0.719 bits per heavy atom. The van der Waals surface area contributed by atoms with Crippen molar-refractivity contribution in [1.29, 1.82) is 0 Å². The van der Waals surface area contributed by atoms with Crippen molar-refractivity contribution in [3.05, 3.63) is 36.5 Å². The van der Waals surface area contributed by atoms with Crippen molar-refractivity contribution in [3.8, 4) is 0 Å². The summed E-state index contributed by atoms with van der Waals surface area (Å²) in [5.41, 5.74) is 0. The highest BCUT2D eigenvalue weighted by Gasteiger charge is 2.20. The van der Waals surface area contributed by atoms with Gasteiger partial charge in [-0.15, -0.1) is 0 Å². The minimum absolute atomic E-state index is 0.0361. The van der Waals surface area contributed by atoms with E-state index >= 15 is 0 Å². The van der Waals surface area contributed by atoms with Gasteiger partial charge in [-0.1, -0.05) is 256 Å². The van der Waals surface area contributed by atoms with Crippen LogP contribution in [0.15, 0.2) is 36.5 Å². The first-order chi connectivity index (χ1) is 28.2. The van der Waals surface area contributed by atoms with Crippen LogP contribution in [0.2, 0.25) is 0 Å². The van der Waals surface area contributed by atoms with E-state index in [4.69, 9.17) is 0 Å². The molecule has 0 aromatic heterocycles. The molecular formula is C53H101NO3. The number of aliphatic hydroxyl groups is 2. The van der Waals surface area contributed by atoms with Crippen LogP contribution in [0, 0.1) is 0 Å². The Morgan fingerprint density at radius 1 is 0.421 bits per heavy atom. The smallest absolute Gasteiger partial charge is 0.220 e. The summed E-state index contributed by atoms with van der Waals surface area (Å²) in [6, 6.07) is -0.541. The zero-order valence-electron chi connectivity index (χ0n) is 38.6. The molecule has 2 atom stereocenters.